The minimum absolute atomic E-state index is 0.0370. The van der Waals surface area contributed by atoms with Gasteiger partial charge in [-0.15, -0.1) is 0 Å². The summed E-state index contributed by atoms with van der Waals surface area (Å²) < 4.78 is 2.05. The summed E-state index contributed by atoms with van der Waals surface area (Å²) in [4.78, 5) is 22.1. The zero-order valence-electron chi connectivity index (χ0n) is 12.3. The predicted octanol–water partition coefficient (Wildman–Crippen LogP) is 2.88. The molecule has 1 amide bonds. The monoisotopic (exact) mass is 299 g/mol. The van der Waals surface area contributed by atoms with Crippen molar-refractivity contribution in [3.63, 3.8) is 0 Å². The van der Waals surface area contributed by atoms with E-state index in [9.17, 15) is 14.9 Å². The van der Waals surface area contributed by atoms with Gasteiger partial charge in [-0.3, -0.25) is 14.9 Å². The summed E-state index contributed by atoms with van der Waals surface area (Å²) in [5, 5.41) is 11.0. The Labute approximate surface area is 127 Å². The standard InChI is InChI=1S/C16H17N3O3/c1-10-14(16(17)20)8-15(18(10)9-11-5-6-11)12-3-2-4-13(7-12)19(21)22/h2-4,7-8,11H,5-6,9H2,1H3,(H2,17,20). The summed E-state index contributed by atoms with van der Waals surface area (Å²) >= 11 is 0. The summed E-state index contributed by atoms with van der Waals surface area (Å²) in [5.74, 6) is 0.142. The first kappa shape index (κ1) is 14.3. The van der Waals surface area contributed by atoms with E-state index in [4.69, 9.17) is 5.73 Å². The molecular formula is C16H17N3O3. The van der Waals surface area contributed by atoms with Crippen LogP contribution in [0.2, 0.25) is 0 Å². The maximum Gasteiger partial charge on any atom is 0.270 e. The molecule has 114 valence electrons. The van der Waals surface area contributed by atoms with Crippen LogP contribution in [0.25, 0.3) is 11.3 Å². The lowest BCUT2D eigenvalue weighted by atomic mass is 10.1. The fourth-order valence-electron chi connectivity index (χ4n) is 2.71. The van der Waals surface area contributed by atoms with Crippen LogP contribution in [0.1, 0.15) is 28.9 Å². The summed E-state index contributed by atoms with van der Waals surface area (Å²) in [5.41, 5.74) is 8.31. The molecule has 1 heterocycles. The molecule has 2 N–H and O–H groups in total. The first-order valence-electron chi connectivity index (χ1n) is 7.22. The van der Waals surface area contributed by atoms with Crippen molar-refractivity contribution >= 4 is 11.6 Å². The number of nitro benzene ring substituents is 1. The number of primary amides is 1. The number of hydrogen-bond donors (Lipinski definition) is 1. The third-order valence-electron chi connectivity index (χ3n) is 4.12. The molecule has 22 heavy (non-hydrogen) atoms. The van der Waals surface area contributed by atoms with E-state index < -0.39 is 10.8 Å². The van der Waals surface area contributed by atoms with Gasteiger partial charge in [0.05, 0.1) is 10.5 Å². The summed E-state index contributed by atoms with van der Waals surface area (Å²) in [6, 6.07) is 8.19. The average Bonchev–Trinajstić information content (AvgIpc) is 3.23. The lowest BCUT2D eigenvalue weighted by Gasteiger charge is -2.11. The van der Waals surface area contributed by atoms with Gasteiger partial charge in [-0.2, -0.15) is 0 Å². The average molecular weight is 299 g/mol. The SMILES string of the molecule is Cc1c(C(N)=O)cc(-c2cccc([N+](=O)[O-])c2)n1CC1CC1. The first-order chi connectivity index (χ1) is 10.5. The maximum absolute atomic E-state index is 11.6. The Morgan fingerprint density at radius 2 is 2.14 bits per heavy atom. The van der Waals surface area contributed by atoms with E-state index in [1.165, 1.54) is 25.0 Å². The van der Waals surface area contributed by atoms with Crippen molar-refractivity contribution in [1.82, 2.24) is 4.57 Å². The Kier molecular flexibility index (Phi) is 3.44. The highest BCUT2D eigenvalue weighted by atomic mass is 16.6. The van der Waals surface area contributed by atoms with E-state index in [2.05, 4.69) is 4.57 Å². The van der Waals surface area contributed by atoms with E-state index in [0.29, 0.717) is 11.5 Å². The van der Waals surface area contributed by atoms with Crippen molar-refractivity contribution in [3.05, 3.63) is 51.7 Å². The Bertz CT molecular complexity index is 760. The van der Waals surface area contributed by atoms with Gasteiger partial charge in [-0.25, -0.2) is 0 Å². The van der Waals surface area contributed by atoms with E-state index in [-0.39, 0.29) is 5.69 Å². The zero-order chi connectivity index (χ0) is 15.9. The molecule has 3 rings (SSSR count). The van der Waals surface area contributed by atoms with Crippen LogP contribution >= 0.6 is 0 Å². The normalized spacial score (nSPS) is 14.0. The second-order valence-corrected chi connectivity index (χ2v) is 5.75. The van der Waals surface area contributed by atoms with Gasteiger partial charge in [-0.1, -0.05) is 12.1 Å². The molecule has 0 aliphatic heterocycles. The molecule has 2 aromatic rings. The van der Waals surface area contributed by atoms with E-state index in [1.54, 1.807) is 12.1 Å². The fourth-order valence-corrected chi connectivity index (χ4v) is 2.71. The molecule has 1 saturated carbocycles. The second kappa shape index (κ2) is 5.29. The van der Waals surface area contributed by atoms with Crippen LogP contribution in [-0.4, -0.2) is 15.4 Å². The molecule has 1 aromatic carbocycles. The molecule has 0 bridgehead atoms. The van der Waals surface area contributed by atoms with Crippen LogP contribution in [-0.2, 0) is 6.54 Å². The zero-order valence-corrected chi connectivity index (χ0v) is 12.3. The number of non-ortho nitro benzene ring substituents is 1. The number of benzene rings is 1. The van der Waals surface area contributed by atoms with Gasteiger partial charge in [-0.05, 0) is 31.7 Å². The number of amides is 1. The molecular weight excluding hydrogens is 282 g/mol. The van der Waals surface area contributed by atoms with E-state index in [1.807, 2.05) is 13.0 Å². The van der Waals surface area contributed by atoms with Crippen molar-refractivity contribution in [2.75, 3.05) is 0 Å². The van der Waals surface area contributed by atoms with Crippen LogP contribution in [0.4, 0.5) is 5.69 Å². The Balaban J connectivity index is 2.12. The molecule has 0 atom stereocenters. The van der Waals surface area contributed by atoms with Gasteiger partial charge in [0.15, 0.2) is 0 Å². The number of nitrogens with zero attached hydrogens (tertiary/aromatic N) is 2. The topological polar surface area (TPSA) is 91.2 Å². The molecule has 6 heteroatoms. The van der Waals surface area contributed by atoms with Gasteiger partial charge in [0, 0.05) is 35.6 Å². The van der Waals surface area contributed by atoms with E-state index in [0.717, 1.165) is 23.5 Å². The molecule has 1 aliphatic carbocycles. The lowest BCUT2D eigenvalue weighted by Crippen LogP contribution is -2.12. The number of aromatic nitrogens is 1. The van der Waals surface area contributed by atoms with Crippen molar-refractivity contribution in [1.29, 1.82) is 0 Å². The molecule has 0 spiro atoms. The van der Waals surface area contributed by atoms with Crippen molar-refractivity contribution in [2.45, 2.75) is 26.3 Å². The van der Waals surface area contributed by atoms with Gasteiger partial charge < -0.3 is 10.3 Å². The van der Waals surface area contributed by atoms with Crippen LogP contribution in [0.15, 0.2) is 30.3 Å². The van der Waals surface area contributed by atoms with E-state index >= 15 is 0 Å². The molecule has 6 nitrogen and oxygen atoms in total. The van der Waals surface area contributed by atoms with Crippen LogP contribution in [0.5, 0.6) is 0 Å². The number of hydrogen-bond acceptors (Lipinski definition) is 3. The molecule has 1 fully saturated rings. The molecule has 1 aromatic heterocycles. The largest absolute Gasteiger partial charge is 0.366 e. The predicted molar refractivity (Wildman–Crippen MR) is 82.5 cm³/mol. The van der Waals surface area contributed by atoms with Gasteiger partial charge in [0.25, 0.3) is 11.6 Å². The smallest absolute Gasteiger partial charge is 0.270 e. The highest BCUT2D eigenvalue weighted by Gasteiger charge is 2.26. The molecule has 1 aliphatic rings. The number of rotatable bonds is 5. The number of carbonyl (C=O) groups excluding carboxylic acids is 1. The number of nitro groups is 1. The maximum atomic E-state index is 11.6. The number of carbonyl (C=O) groups is 1. The van der Waals surface area contributed by atoms with Crippen molar-refractivity contribution in [2.24, 2.45) is 11.7 Å². The van der Waals surface area contributed by atoms with Gasteiger partial charge >= 0.3 is 0 Å². The van der Waals surface area contributed by atoms with Crippen LogP contribution in [0, 0.1) is 23.0 Å². The Hall–Kier alpha value is -2.63. The van der Waals surface area contributed by atoms with Crippen LogP contribution in [0.3, 0.4) is 0 Å². The molecule has 0 saturated heterocycles. The quantitative estimate of drug-likeness (QED) is 0.679. The summed E-state index contributed by atoms with van der Waals surface area (Å²) in [6.07, 6.45) is 2.36. The fraction of sp³-hybridized carbons (Fsp3) is 0.312. The minimum atomic E-state index is -0.473. The third-order valence-corrected chi connectivity index (χ3v) is 4.12. The van der Waals surface area contributed by atoms with Crippen molar-refractivity contribution in [3.8, 4) is 11.3 Å². The summed E-state index contributed by atoms with van der Waals surface area (Å²) in [6.45, 7) is 2.68. The number of nitrogens with two attached hydrogens (primary N) is 1. The van der Waals surface area contributed by atoms with Gasteiger partial charge in [0.2, 0.25) is 0 Å². The minimum Gasteiger partial charge on any atom is -0.366 e. The van der Waals surface area contributed by atoms with Gasteiger partial charge in [0.1, 0.15) is 0 Å². The first-order valence-corrected chi connectivity index (χ1v) is 7.22. The Morgan fingerprint density at radius 1 is 1.41 bits per heavy atom. The van der Waals surface area contributed by atoms with Crippen LogP contribution < -0.4 is 5.73 Å². The third kappa shape index (κ3) is 2.59. The molecule has 0 radical (unpaired) electrons. The second-order valence-electron chi connectivity index (χ2n) is 5.75. The molecule has 0 unspecified atom stereocenters. The highest BCUT2D eigenvalue weighted by molar-refractivity contribution is 5.95. The Morgan fingerprint density at radius 3 is 2.73 bits per heavy atom. The summed E-state index contributed by atoms with van der Waals surface area (Å²) in [7, 11) is 0. The van der Waals surface area contributed by atoms with Crippen molar-refractivity contribution < 1.29 is 9.72 Å². The highest BCUT2D eigenvalue weighted by Crippen LogP contribution is 2.35. The lowest BCUT2D eigenvalue weighted by molar-refractivity contribution is -0.384.